The molecular formula is C20H20Cl3NO. The lowest BCUT2D eigenvalue weighted by Crippen LogP contribution is -2.01. The Kier molecular flexibility index (Phi) is 7.37. The molecule has 1 atom stereocenters. The summed E-state index contributed by atoms with van der Waals surface area (Å²) in [6, 6.07) is 13.8. The number of aryl methyl sites for hydroxylation is 2. The summed E-state index contributed by atoms with van der Waals surface area (Å²) in [5.41, 5.74) is 4.41. The quantitative estimate of drug-likeness (QED) is 0.495. The van der Waals surface area contributed by atoms with Gasteiger partial charge in [0.2, 0.25) is 0 Å². The summed E-state index contributed by atoms with van der Waals surface area (Å²) in [6.45, 7) is 4.11. The molecule has 0 spiro atoms. The normalized spacial score (nSPS) is 12.2. The molecule has 132 valence electrons. The highest BCUT2D eigenvalue weighted by atomic mass is 35.5. The van der Waals surface area contributed by atoms with Crippen molar-refractivity contribution >= 4 is 41.0 Å². The molecule has 1 unspecified atom stereocenters. The van der Waals surface area contributed by atoms with Crippen LogP contribution < -0.4 is 4.74 Å². The molecule has 2 rings (SSSR count). The number of halogens is 3. The van der Waals surface area contributed by atoms with Crippen LogP contribution in [0.25, 0.3) is 0 Å². The van der Waals surface area contributed by atoms with Crippen molar-refractivity contribution < 1.29 is 4.74 Å². The van der Waals surface area contributed by atoms with Gasteiger partial charge in [-0.1, -0.05) is 58.6 Å². The van der Waals surface area contributed by atoms with Gasteiger partial charge in [0.05, 0.1) is 18.2 Å². The zero-order valence-electron chi connectivity index (χ0n) is 14.4. The highest BCUT2D eigenvalue weighted by molar-refractivity contribution is 6.59. The van der Waals surface area contributed by atoms with E-state index >= 15 is 0 Å². The second-order valence-corrected chi connectivity index (χ2v) is 7.20. The number of hydrogen-bond acceptors (Lipinski definition) is 2. The maximum absolute atomic E-state index is 6.20. The second kappa shape index (κ2) is 9.28. The monoisotopic (exact) mass is 395 g/mol. The van der Waals surface area contributed by atoms with Gasteiger partial charge in [-0.15, -0.1) is 0 Å². The highest BCUT2D eigenvalue weighted by Crippen LogP contribution is 2.33. The standard InChI is InChI=1S/C20H20Cl3NO/c1-13-4-5-14(2)17(10-13)19(11-18(21)20(22)23)24-12-15-6-8-16(25-3)9-7-15/h4-10,12,19H,11H2,1-3H3. The Morgan fingerprint density at radius 2 is 1.76 bits per heavy atom. The minimum Gasteiger partial charge on any atom is -0.497 e. The topological polar surface area (TPSA) is 21.6 Å². The Morgan fingerprint density at radius 1 is 1.08 bits per heavy atom. The van der Waals surface area contributed by atoms with Gasteiger partial charge in [0.25, 0.3) is 0 Å². The van der Waals surface area contributed by atoms with Gasteiger partial charge in [-0.05, 0) is 54.8 Å². The van der Waals surface area contributed by atoms with E-state index in [1.807, 2.05) is 30.5 Å². The zero-order chi connectivity index (χ0) is 18.4. The van der Waals surface area contributed by atoms with Crippen LogP contribution in [0, 0.1) is 13.8 Å². The molecule has 0 aromatic heterocycles. The molecule has 0 aliphatic carbocycles. The van der Waals surface area contributed by atoms with Crippen molar-refractivity contribution in [1.29, 1.82) is 0 Å². The van der Waals surface area contributed by atoms with E-state index in [1.54, 1.807) is 7.11 Å². The van der Waals surface area contributed by atoms with E-state index in [0.717, 1.165) is 22.4 Å². The van der Waals surface area contributed by atoms with E-state index in [2.05, 4.69) is 32.0 Å². The minimum atomic E-state index is -0.165. The van der Waals surface area contributed by atoms with Gasteiger partial charge in [-0.3, -0.25) is 4.99 Å². The lowest BCUT2D eigenvalue weighted by atomic mass is 9.97. The Balaban J connectivity index is 2.35. The maximum atomic E-state index is 6.20. The van der Waals surface area contributed by atoms with Crippen LogP contribution in [-0.4, -0.2) is 13.3 Å². The zero-order valence-corrected chi connectivity index (χ0v) is 16.7. The predicted molar refractivity (Wildman–Crippen MR) is 108 cm³/mol. The number of benzene rings is 2. The van der Waals surface area contributed by atoms with Crippen LogP contribution in [0.1, 0.15) is 34.7 Å². The summed E-state index contributed by atoms with van der Waals surface area (Å²) < 4.78 is 5.25. The fourth-order valence-corrected chi connectivity index (χ4v) is 2.78. The van der Waals surface area contributed by atoms with Crippen molar-refractivity contribution in [3.63, 3.8) is 0 Å². The van der Waals surface area contributed by atoms with Crippen LogP contribution in [0.2, 0.25) is 0 Å². The lowest BCUT2D eigenvalue weighted by Gasteiger charge is -2.16. The number of hydrogen-bond donors (Lipinski definition) is 0. The molecule has 0 aliphatic heterocycles. The van der Waals surface area contributed by atoms with Crippen LogP contribution in [0.4, 0.5) is 0 Å². The molecule has 0 N–H and O–H groups in total. The Bertz CT molecular complexity index is 778. The summed E-state index contributed by atoms with van der Waals surface area (Å²) in [5.74, 6) is 0.808. The van der Waals surface area contributed by atoms with Gasteiger partial charge in [0.15, 0.2) is 0 Å². The van der Waals surface area contributed by atoms with Crippen LogP contribution in [0.15, 0.2) is 57.0 Å². The third-order valence-corrected chi connectivity index (χ3v) is 4.88. The first kappa shape index (κ1) is 19.8. The van der Waals surface area contributed by atoms with Crippen LogP contribution in [0.5, 0.6) is 5.75 Å². The third kappa shape index (κ3) is 5.78. The molecule has 25 heavy (non-hydrogen) atoms. The molecule has 0 fully saturated rings. The molecule has 0 heterocycles. The van der Waals surface area contributed by atoms with Gasteiger partial charge < -0.3 is 4.74 Å². The van der Waals surface area contributed by atoms with Crippen molar-refractivity contribution in [3.8, 4) is 5.75 Å². The molecular weight excluding hydrogens is 377 g/mol. The molecule has 0 saturated heterocycles. The first-order valence-electron chi connectivity index (χ1n) is 7.84. The SMILES string of the molecule is COc1ccc(C=NC(CC(Cl)=C(Cl)Cl)c2cc(C)ccc2C)cc1. The van der Waals surface area contributed by atoms with E-state index in [1.165, 1.54) is 5.56 Å². The van der Waals surface area contributed by atoms with Crippen LogP contribution in [-0.2, 0) is 0 Å². The van der Waals surface area contributed by atoms with E-state index < -0.39 is 0 Å². The number of aliphatic imine (C=N–C) groups is 1. The van der Waals surface area contributed by atoms with Crippen molar-refractivity contribution in [2.75, 3.05) is 7.11 Å². The summed E-state index contributed by atoms with van der Waals surface area (Å²) in [5, 5.41) is 0.404. The van der Waals surface area contributed by atoms with Gasteiger partial charge in [-0.25, -0.2) is 0 Å². The van der Waals surface area contributed by atoms with Crippen LogP contribution in [0.3, 0.4) is 0 Å². The second-order valence-electron chi connectivity index (χ2n) is 5.80. The molecule has 0 radical (unpaired) electrons. The Morgan fingerprint density at radius 3 is 2.36 bits per heavy atom. The number of nitrogens with zero attached hydrogens (tertiary/aromatic N) is 1. The molecule has 2 nitrogen and oxygen atoms in total. The van der Waals surface area contributed by atoms with Crippen LogP contribution >= 0.6 is 34.8 Å². The molecule has 0 saturated carbocycles. The lowest BCUT2D eigenvalue weighted by molar-refractivity contribution is 0.415. The molecule has 2 aromatic rings. The molecule has 0 bridgehead atoms. The summed E-state index contributed by atoms with van der Waals surface area (Å²) in [7, 11) is 1.64. The highest BCUT2D eigenvalue weighted by Gasteiger charge is 2.15. The average molecular weight is 397 g/mol. The summed E-state index contributed by atoms with van der Waals surface area (Å²) >= 11 is 17.9. The van der Waals surface area contributed by atoms with Gasteiger partial charge in [0.1, 0.15) is 10.2 Å². The molecule has 5 heteroatoms. The van der Waals surface area contributed by atoms with E-state index in [9.17, 15) is 0 Å². The van der Waals surface area contributed by atoms with Gasteiger partial charge in [0, 0.05) is 12.6 Å². The van der Waals surface area contributed by atoms with Crippen molar-refractivity contribution in [2.24, 2.45) is 4.99 Å². The minimum absolute atomic E-state index is 0.0802. The molecule has 2 aromatic carbocycles. The number of rotatable bonds is 6. The number of methoxy groups -OCH3 is 1. The first-order valence-corrected chi connectivity index (χ1v) is 8.98. The fourth-order valence-electron chi connectivity index (χ4n) is 2.47. The fraction of sp³-hybridized carbons (Fsp3) is 0.250. The van der Waals surface area contributed by atoms with Crippen molar-refractivity contribution in [3.05, 3.63) is 74.2 Å². The van der Waals surface area contributed by atoms with Crippen molar-refractivity contribution in [2.45, 2.75) is 26.3 Å². The first-order chi connectivity index (χ1) is 11.9. The van der Waals surface area contributed by atoms with E-state index in [4.69, 9.17) is 44.5 Å². The smallest absolute Gasteiger partial charge is 0.121 e. The Labute approximate surface area is 164 Å². The summed E-state index contributed by atoms with van der Waals surface area (Å²) in [4.78, 5) is 4.74. The van der Waals surface area contributed by atoms with Gasteiger partial charge in [-0.2, -0.15) is 0 Å². The average Bonchev–Trinajstić information content (AvgIpc) is 2.61. The molecule has 0 amide bonds. The third-order valence-electron chi connectivity index (χ3n) is 3.89. The number of ether oxygens (including phenoxy) is 1. The summed E-state index contributed by atoms with van der Waals surface area (Å²) in [6.07, 6.45) is 2.28. The Hall–Kier alpha value is -1.48. The predicted octanol–water partition coefficient (Wildman–Crippen LogP) is 6.75. The van der Waals surface area contributed by atoms with E-state index in [0.29, 0.717) is 11.5 Å². The van der Waals surface area contributed by atoms with Gasteiger partial charge >= 0.3 is 0 Å². The van der Waals surface area contributed by atoms with Crippen molar-refractivity contribution in [1.82, 2.24) is 0 Å². The molecule has 0 aliphatic rings. The maximum Gasteiger partial charge on any atom is 0.121 e. The largest absolute Gasteiger partial charge is 0.497 e. The van der Waals surface area contributed by atoms with E-state index in [-0.39, 0.29) is 10.5 Å².